The van der Waals surface area contributed by atoms with Gasteiger partial charge in [0.2, 0.25) is 11.7 Å². The predicted octanol–water partition coefficient (Wildman–Crippen LogP) is 3.81. The van der Waals surface area contributed by atoms with E-state index in [1.54, 1.807) is 48.8 Å². The summed E-state index contributed by atoms with van der Waals surface area (Å²) in [6.45, 7) is 4.39. The molecule has 0 saturated carbocycles. The molecule has 9 nitrogen and oxygen atoms in total. The largest absolute Gasteiger partial charge is 0.354 e. The van der Waals surface area contributed by atoms with Crippen molar-refractivity contribution in [1.29, 1.82) is 0 Å². The van der Waals surface area contributed by atoms with Crippen LogP contribution in [0.3, 0.4) is 0 Å². The number of carbonyl (C=O) groups excluding carboxylic acids is 2. The minimum atomic E-state index is -0.940. The Balaban J connectivity index is 1.65. The first kappa shape index (κ1) is 25.6. The van der Waals surface area contributed by atoms with Gasteiger partial charge >= 0.3 is 0 Å². The Kier molecular flexibility index (Phi) is 8.29. The number of benzene rings is 2. The molecule has 0 aliphatic rings. The third-order valence-electron chi connectivity index (χ3n) is 5.68. The molecule has 2 aromatic heterocycles. The summed E-state index contributed by atoms with van der Waals surface area (Å²) in [6, 6.07) is 17.2. The smallest absolute Gasteiger partial charge is 0.251 e. The van der Waals surface area contributed by atoms with E-state index in [2.05, 4.69) is 39.6 Å². The second-order valence-electron chi connectivity index (χ2n) is 8.91. The standard InChI is InChI=1S/C27H28FN7O2/c1-19(2)12-17-30-27(37)25(20-13-15-29-16-14-20)35(23-6-4-3-5-7-23)24(36)18-34-32-26(31-33-34)21-8-10-22(28)11-9-21/h3-11,13-16,19,25H,12,17-18H2,1-2H3,(H,30,37). The summed E-state index contributed by atoms with van der Waals surface area (Å²) in [4.78, 5) is 33.9. The molecular weight excluding hydrogens is 473 g/mol. The van der Waals surface area contributed by atoms with Crippen molar-refractivity contribution in [3.8, 4) is 11.4 Å². The highest BCUT2D eigenvalue weighted by molar-refractivity contribution is 6.01. The molecule has 0 saturated heterocycles. The lowest BCUT2D eigenvalue weighted by Crippen LogP contribution is -2.45. The molecule has 4 aromatic rings. The summed E-state index contributed by atoms with van der Waals surface area (Å²) in [5.41, 5.74) is 1.74. The van der Waals surface area contributed by atoms with Crippen molar-refractivity contribution in [3.05, 3.63) is 90.5 Å². The number of rotatable bonds is 10. The summed E-state index contributed by atoms with van der Waals surface area (Å²) in [5.74, 6) is -0.410. The number of hydrogen-bond acceptors (Lipinski definition) is 6. The van der Waals surface area contributed by atoms with Crippen LogP contribution in [-0.2, 0) is 16.1 Å². The number of tetrazole rings is 1. The van der Waals surface area contributed by atoms with Crippen molar-refractivity contribution < 1.29 is 14.0 Å². The van der Waals surface area contributed by atoms with Crippen LogP contribution in [0.1, 0.15) is 31.9 Å². The molecule has 1 unspecified atom stereocenters. The summed E-state index contributed by atoms with van der Waals surface area (Å²) in [7, 11) is 0. The van der Waals surface area contributed by atoms with Gasteiger partial charge in [0.25, 0.3) is 5.91 Å². The van der Waals surface area contributed by atoms with E-state index in [4.69, 9.17) is 0 Å². The van der Waals surface area contributed by atoms with E-state index in [-0.39, 0.29) is 24.1 Å². The number of aromatic nitrogens is 5. The van der Waals surface area contributed by atoms with Crippen molar-refractivity contribution >= 4 is 17.5 Å². The van der Waals surface area contributed by atoms with Gasteiger partial charge < -0.3 is 5.32 Å². The van der Waals surface area contributed by atoms with Gasteiger partial charge in [0.1, 0.15) is 18.4 Å². The van der Waals surface area contributed by atoms with Crippen LogP contribution in [0.15, 0.2) is 79.1 Å². The molecule has 0 spiro atoms. The van der Waals surface area contributed by atoms with Crippen LogP contribution in [-0.4, -0.2) is 43.6 Å². The maximum atomic E-state index is 13.8. The Morgan fingerprint density at radius 1 is 1.00 bits per heavy atom. The number of amides is 2. The van der Waals surface area contributed by atoms with Crippen LogP contribution in [0.2, 0.25) is 0 Å². The molecule has 4 rings (SSSR count). The second kappa shape index (κ2) is 12.0. The monoisotopic (exact) mass is 501 g/mol. The normalized spacial score (nSPS) is 11.8. The Morgan fingerprint density at radius 2 is 1.70 bits per heavy atom. The average Bonchev–Trinajstić information content (AvgIpc) is 3.36. The SMILES string of the molecule is CC(C)CCNC(=O)C(c1ccncc1)N(C(=O)Cn1nnc(-c2ccc(F)cc2)n1)c1ccccc1. The number of nitrogens with zero attached hydrogens (tertiary/aromatic N) is 6. The van der Waals surface area contributed by atoms with Crippen LogP contribution in [0.4, 0.5) is 10.1 Å². The van der Waals surface area contributed by atoms with Gasteiger partial charge in [-0.15, -0.1) is 10.2 Å². The van der Waals surface area contributed by atoms with Crippen LogP contribution >= 0.6 is 0 Å². The van der Waals surface area contributed by atoms with E-state index in [1.807, 2.05) is 6.07 Å². The lowest BCUT2D eigenvalue weighted by Gasteiger charge is -2.31. The Hall–Kier alpha value is -4.47. The molecule has 2 amide bonds. The molecule has 10 heteroatoms. The molecule has 190 valence electrons. The molecular formula is C27H28FN7O2. The molecule has 0 fully saturated rings. The van der Waals surface area contributed by atoms with Crippen molar-refractivity contribution in [2.45, 2.75) is 32.9 Å². The molecule has 37 heavy (non-hydrogen) atoms. The molecule has 1 N–H and O–H groups in total. The molecule has 2 heterocycles. The molecule has 0 bridgehead atoms. The fourth-order valence-corrected chi connectivity index (χ4v) is 3.79. The lowest BCUT2D eigenvalue weighted by molar-refractivity contribution is -0.127. The van der Waals surface area contributed by atoms with E-state index in [1.165, 1.54) is 29.2 Å². The third kappa shape index (κ3) is 6.60. The Morgan fingerprint density at radius 3 is 2.38 bits per heavy atom. The highest BCUT2D eigenvalue weighted by atomic mass is 19.1. The first-order valence-electron chi connectivity index (χ1n) is 12.0. The molecule has 1 atom stereocenters. The van der Waals surface area contributed by atoms with Gasteiger partial charge in [0.15, 0.2) is 0 Å². The summed E-state index contributed by atoms with van der Waals surface area (Å²) >= 11 is 0. The van der Waals surface area contributed by atoms with Crippen molar-refractivity contribution in [2.75, 3.05) is 11.4 Å². The number of para-hydroxylation sites is 1. The maximum Gasteiger partial charge on any atom is 0.251 e. The van der Waals surface area contributed by atoms with Crippen molar-refractivity contribution in [2.24, 2.45) is 5.92 Å². The highest BCUT2D eigenvalue weighted by Crippen LogP contribution is 2.28. The molecule has 2 aromatic carbocycles. The number of hydrogen-bond donors (Lipinski definition) is 1. The van der Waals surface area contributed by atoms with Gasteiger partial charge in [0, 0.05) is 30.2 Å². The summed E-state index contributed by atoms with van der Waals surface area (Å²) in [5, 5.41) is 15.3. The number of pyridine rings is 1. The number of halogens is 1. The van der Waals surface area contributed by atoms with Crippen LogP contribution < -0.4 is 10.2 Å². The van der Waals surface area contributed by atoms with Gasteiger partial charge in [0.05, 0.1) is 0 Å². The fraction of sp³-hybridized carbons (Fsp3) is 0.259. The van der Waals surface area contributed by atoms with Gasteiger partial charge in [-0.05, 0) is 71.6 Å². The predicted molar refractivity (Wildman–Crippen MR) is 137 cm³/mol. The zero-order chi connectivity index (χ0) is 26.2. The molecule has 0 aliphatic carbocycles. The molecule has 0 aliphatic heterocycles. The van der Waals surface area contributed by atoms with Crippen LogP contribution in [0.25, 0.3) is 11.4 Å². The Bertz CT molecular complexity index is 1310. The van der Waals surface area contributed by atoms with E-state index in [0.717, 1.165) is 11.2 Å². The highest BCUT2D eigenvalue weighted by Gasteiger charge is 2.33. The fourth-order valence-electron chi connectivity index (χ4n) is 3.79. The lowest BCUT2D eigenvalue weighted by atomic mass is 10.0. The zero-order valence-electron chi connectivity index (χ0n) is 20.7. The van der Waals surface area contributed by atoms with E-state index >= 15 is 0 Å². The summed E-state index contributed by atoms with van der Waals surface area (Å²) in [6.07, 6.45) is 3.99. The van der Waals surface area contributed by atoms with Crippen molar-refractivity contribution in [1.82, 2.24) is 30.5 Å². The molecule has 0 radical (unpaired) electrons. The van der Waals surface area contributed by atoms with Gasteiger partial charge in [-0.25, -0.2) is 4.39 Å². The summed E-state index contributed by atoms with van der Waals surface area (Å²) < 4.78 is 13.3. The van der Waals surface area contributed by atoms with Crippen LogP contribution in [0, 0.1) is 11.7 Å². The maximum absolute atomic E-state index is 13.8. The van der Waals surface area contributed by atoms with Gasteiger partial charge in [-0.1, -0.05) is 32.0 Å². The third-order valence-corrected chi connectivity index (χ3v) is 5.68. The minimum absolute atomic E-state index is 0.260. The number of carbonyl (C=O) groups is 2. The number of anilines is 1. The Labute approximate surface area is 214 Å². The zero-order valence-corrected chi connectivity index (χ0v) is 20.7. The quantitative estimate of drug-likeness (QED) is 0.354. The van der Waals surface area contributed by atoms with Gasteiger partial charge in [-0.2, -0.15) is 4.80 Å². The van der Waals surface area contributed by atoms with Crippen LogP contribution in [0.5, 0.6) is 0 Å². The van der Waals surface area contributed by atoms with E-state index in [0.29, 0.717) is 29.3 Å². The topological polar surface area (TPSA) is 106 Å². The van der Waals surface area contributed by atoms with Gasteiger partial charge in [-0.3, -0.25) is 19.5 Å². The van der Waals surface area contributed by atoms with E-state index < -0.39 is 11.9 Å². The number of nitrogens with one attached hydrogen (secondary N) is 1. The minimum Gasteiger partial charge on any atom is -0.354 e. The van der Waals surface area contributed by atoms with Crippen molar-refractivity contribution in [3.63, 3.8) is 0 Å². The average molecular weight is 502 g/mol. The van der Waals surface area contributed by atoms with E-state index in [9.17, 15) is 14.0 Å². The second-order valence-corrected chi connectivity index (χ2v) is 8.91. The first-order chi connectivity index (χ1) is 17.9. The first-order valence-corrected chi connectivity index (χ1v) is 12.0.